The second kappa shape index (κ2) is 6.72. The molecule has 0 aromatic rings. The second-order valence-corrected chi connectivity index (χ2v) is 14.7. The van der Waals surface area contributed by atoms with Gasteiger partial charge < -0.3 is 0 Å². The number of rotatable bonds is 4. The highest BCUT2D eigenvalue weighted by Gasteiger charge is 2.56. The highest BCUT2D eigenvalue weighted by Crippen LogP contribution is 2.62. The first-order valence-corrected chi connectivity index (χ1v) is 14.0. The van der Waals surface area contributed by atoms with Gasteiger partial charge in [0.2, 0.25) is 0 Å². The minimum atomic E-state index is -1.30. The summed E-state index contributed by atoms with van der Waals surface area (Å²) in [5.41, 5.74) is 5.17. The van der Waals surface area contributed by atoms with E-state index in [0.717, 1.165) is 34.8 Å². The van der Waals surface area contributed by atoms with Gasteiger partial charge in [-0.15, -0.1) is 0 Å². The smallest absolute Gasteiger partial charge is 0.0548 e. The van der Waals surface area contributed by atoms with Crippen molar-refractivity contribution in [3.05, 3.63) is 47.6 Å². The van der Waals surface area contributed by atoms with Crippen LogP contribution >= 0.6 is 0 Å². The molecule has 2 saturated carbocycles. The minimum absolute atomic E-state index is 0.754. The summed E-state index contributed by atoms with van der Waals surface area (Å²) in [7, 11) is -1.30. The third-order valence-electron chi connectivity index (χ3n) is 8.12. The maximum absolute atomic E-state index is 2.75. The number of allylic oxidation sites excluding steroid dienone is 8. The Hall–Kier alpha value is -0.823. The zero-order valence-corrected chi connectivity index (χ0v) is 17.7. The molecule has 4 rings (SSSR count). The zero-order valence-electron chi connectivity index (χ0n) is 16.7. The van der Waals surface area contributed by atoms with Crippen LogP contribution < -0.4 is 0 Å². The van der Waals surface area contributed by atoms with Gasteiger partial charge >= 0.3 is 0 Å². The van der Waals surface area contributed by atoms with Crippen LogP contribution in [0.4, 0.5) is 0 Å². The molecule has 25 heavy (non-hydrogen) atoms. The fourth-order valence-electron chi connectivity index (χ4n) is 6.67. The molecule has 0 nitrogen and oxygen atoms in total. The highest BCUT2D eigenvalue weighted by molar-refractivity contribution is 6.80. The summed E-state index contributed by atoms with van der Waals surface area (Å²) in [5, 5.41) is 0. The maximum atomic E-state index is 2.75. The van der Waals surface area contributed by atoms with Crippen LogP contribution in [0.1, 0.15) is 52.4 Å². The van der Waals surface area contributed by atoms with Crippen molar-refractivity contribution in [3.63, 3.8) is 0 Å². The van der Waals surface area contributed by atoms with E-state index in [-0.39, 0.29) is 0 Å². The molecule has 0 bridgehead atoms. The van der Waals surface area contributed by atoms with E-state index in [0.29, 0.717) is 0 Å². The average molecular weight is 353 g/mol. The summed E-state index contributed by atoms with van der Waals surface area (Å²) in [6, 6.07) is 0. The van der Waals surface area contributed by atoms with E-state index in [1.54, 1.807) is 11.1 Å². The Labute approximate surface area is 156 Å². The largest absolute Gasteiger partial charge is 0.0800 e. The number of fused-ring (bicyclic) bond motifs is 3. The van der Waals surface area contributed by atoms with Crippen molar-refractivity contribution in [1.82, 2.24) is 0 Å². The van der Waals surface area contributed by atoms with E-state index >= 15 is 0 Å². The van der Waals surface area contributed by atoms with Gasteiger partial charge in [0, 0.05) is 0 Å². The number of hydrogen-bond acceptors (Lipinski definition) is 0. The predicted molar refractivity (Wildman–Crippen MR) is 112 cm³/mol. The second-order valence-electron chi connectivity index (χ2n) is 9.55. The van der Waals surface area contributed by atoms with Gasteiger partial charge in [0.1, 0.15) is 0 Å². The van der Waals surface area contributed by atoms with Gasteiger partial charge in [0.25, 0.3) is 0 Å². The van der Waals surface area contributed by atoms with Crippen LogP contribution in [-0.4, -0.2) is 8.07 Å². The van der Waals surface area contributed by atoms with Gasteiger partial charge in [-0.1, -0.05) is 100 Å². The van der Waals surface area contributed by atoms with Crippen molar-refractivity contribution < 1.29 is 0 Å². The SMILES string of the molecule is CCC1=CC2C(C=C1)C1C=CC(CC)=CC1C2[Si](C)(C)C1CCCC1. The van der Waals surface area contributed by atoms with E-state index < -0.39 is 8.07 Å². The molecule has 0 aliphatic heterocycles. The standard InChI is InChI=1S/C24H36Si/c1-5-17-11-13-20-21-14-12-18(6-2)16-23(21)24(22(20)15-17)25(3,4)19-9-7-8-10-19/h11-16,19-24H,5-10H2,1-4H3. The topological polar surface area (TPSA) is 0 Å². The lowest BCUT2D eigenvalue weighted by Crippen LogP contribution is -2.42. The molecule has 0 heterocycles. The molecule has 0 spiro atoms. The quantitative estimate of drug-likeness (QED) is 0.466. The van der Waals surface area contributed by atoms with Crippen molar-refractivity contribution in [2.45, 2.75) is 76.5 Å². The van der Waals surface area contributed by atoms with E-state index in [1.165, 1.54) is 38.5 Å². The van der Waals surface area contributed by atoms with Gasteiger partial charge in [0.15, 0.2) is 0 Å². The van der Waals surface area contributed by atoms with Crippen molar-refractivity contribution >= 4 is 8.07 Å². The number of hydrogen-bond donors (Lipinski definition) is 0. The van der Waals surface area contributed by atoms with Crippen LogP contribution in [0, 0.1) is 23.7 Å². The first kappa shape index (κ1) is 17.6. The van der Waals surface area contributed by atoms with Crippen molar-refractivity contribution in [1.29, 1.82) is 0 Å². The van der Waals surface area contributed by atoms with Gasteiger partial charge in [-0.25, -0.2) is 0 Å². The maximum Gasteiger partial charge on any atom is 0.0548 e. The molecule has 0 aromatic heterocycles. The lowest BCUT2D eigenvalue weighted by Gasteiger charge is -2.42. The van der Waals surface area contributed by atoms with Crippen LogP contribution in [-0.2, 0) is 0 Å². The van der Waals surface area contributed by atoms with Crippen LogP contribution in [0.2, 0.25) is 24.2 Å². The molecular formula is C24H36Si. The third kappa shape index (κ3) is 2.87. The molecule has 0 amide bonds. The van der Waals surface area contributed by atoms with Crippen LogP contribution in [0.5, 0.6) is 0 Å². The van der Waals surface area contributed by atoms with Gasteiger partial charge in [-0.3, -0.25) is 0 Å². The van der Waals surface area contributed by atoms with Crippen molar-refractivity contribution in [3.8, 4) is 0 Å². The summed E-state index contributed by atoms with van der Waals surface area (Å²) in [6.07, 6.45) is 23.9. The minimum Gasteiger partial charge on any atom is -0.0800 e. The molecule has 1 heteroatoms. The molecule has 4 aliphatic rings. The van der Waals surface area contributed by atoms with Gasteiger partial charge in [-0.2, -0.15) is 0 Å². The molecule has 136 valence electrons. The first-order valence-electron chi connectivity index (χ1n) is 10.8. The van der Waals surface area contributed by atoms with Crippen LogP contribution in [0.15, 0.2) is 47.6 Å². The fourth-order valence-corrected chi connectivity index (χ4v) is 11.7. The van der Waals surface area contributed by atoms with Gasteiger partial charge in [0.05, 0.1) is 8.07 Å². The summed E-state index contributed by atoms with van der Waals surface area (Å²) >= 11 is 0. The van der Waals surface area contributed by atoms with Crippen LogP contribution in [0.25, 0.3) is 0 Å². The van der Waals surface area contributed by atoms with Crippen molar-refractivity contribution in [2.75, 3.05) is 0 Å². The molecule has 2 fully saturated rings. The van der Waals surface area contributed by atoms with E-state index in [4.69, 9.17) is 0 Å². The Balaban J connectivity index is 1.75. The Kier molecular flexibility index (Phi) is 4.73. The van der Waals surface area contributed by atoms with E-state index in [2.05, 4.69) is 63.4 Å². The van der Waals surface area contributed by atoms with E-state index in [9.17, 15) is 0 Å². The Bertz CT molecular complexity index is 584. The first-order chi connectivity index (χ1) is 12.1. The van der Waals surface area contributed by atoms with Crippen molar-refractivity contribution in [2.24, 2.45) is 23.7 Å². The van der Waals surface area contributed by atoms with Gasteiger partial charge in [-0.05, 0) is 47.6 Å². The Morgan fingerprint density at radius 3 is 1.72 bits per heavy atom. The van der Waals surface area contributed by atoms with Crippen LogP contribution in [0.3, 0.4) is 0 Å². The average Bonchev–Trinajstić information content (AvgIpc) is 3.27. The van der Waals surface area contributed by atoms with E-state index in [1.807, 2.05) is 0 Å². The molecule has 0 radical (unpaired) electrons. The Morgan fingerprint density at radius 2 is 1.28 bits per heavy atom. The molecule has 4 aliphatic carbocycles. The summed E-state index contributed by atoms with van der Waals surface area (Å²) < 4.78 is 0. The fraction of sp³-hybridized carbons (Fsp3) is 0.667. The summed E-state index contributed by atoms with van der Waals surface area (Å²) in [5.74, 6) is 3.11. The summed E-state index contributed by atoms with van der Waals surface area (Å²) in [4.78, 5) is 0. The lowest BCUT2D eigenvalue weighted by atomic mass is 9.80. The summed E-state index contributed by atoms with van der Waals surface area (Å²) in [6.45, 7) is 10.1. The third-order valence-corrected chi connectivity index (χ3v) is 13.3. The molecule has 0 saturated heterocycles. The lowest BCUT2D eigenvalue weighted by molar-refractivity contribution is 0.457. The Morgan fingerprint density at radius 1 is 0.800 bits per heavy atom. The molecule has 4 unspecified atom stereocenters. The monoisotopic (exact) mass is 352 g/mol. The predicted octanol–water partition coefficient (Wildman–Crippen LogP) is 7.30. The highest BCUT2D eigenvalue weighted by atomic mass is 28.3. The normalized spacial score (nSPS) is 37.7. The molecule has 0 N–H and O–H groups in total. The zero-order chi connectivity index (χ0) is 17.6. The molecular weight excluding hydrogens is 316 g/mol. The molecule has 4 atom stereocenters. The molecule has 0 aromatic carbocycles.